The Labute approximate surface area is 432 Å². The number of carbonyl (C=O) groups excluding carboxylic acids is 9. The number of phenols is 1. The van der Waals surface area contributed by atoms with Gasteiger partial charge in [0, 0.05) is 13.0 Å². The molecule has 9 amide bonds. The van der Waals surface area contributed by atoms with Crippen molar-refractivity contribution in [2.45, 2.75) is 155 Å². The maximum atomic E-state index is 14.2. The zero-order valence-corrected chi connectivity index (χ0v) is 43.8. The first-order valence-electron chi connectivity index (χ1n) is 25.2. The molecule has 1 aliphatic rings. The standard InChI is InChI=1S/C49H81N11O14/c1-9-28(8)37(51)45(70)58-38(25(2)3)46(71)54-32(21-29-15-17-30(63)18-16-29)43(68)53-31(13-10-11-19-50)42(67)56-34(24-62)49(74)60-20-12-14-35(60)44(69)57-40(27(6)7)48(73)59-39(26(4)5)47(72)55-33(23-61)41(66)52-22-36(64)65/h15-18,25-28,31-35,37-40,61-63H,9-14,19-24,50-51H2,1-8H3,(H,52,66)(H,53,68)(H,54,71)(H,55,72)(H,56,67)(H,57,69)(H,58,70)(H,59,73)(H,64,65)/t28-,31-,32-,33-,34-,35-,37-,38-,39-,40-/m0/s1. The number of amides is 9. The molecule has 0 spiro atoms. The fraction of sp³-hybridized carbons (Fsp3) is 0.673. The summed E-state index contributed by atoms with van der Waals surface area (Å²) >= 11 is 0. The van der Waals surface area contributed by atoms with Gasteiger partial charge in [-0.05, 0) is 80.0 Å². The van der Waals surface area contributed by atoms with E-state index < -0.39 is 151 Å². The summed E-state index contributed by atoms with van der Waals surface area (Å²) < 4.78 is 0. The van der Waals surface area contributed by atoms with Crippen LogP contribution < -0.4 is 54.0 Å². The van der Waals surface area contributed by atoms with Crippen LogP contribution in [0.2, 0.25) is 0 Å². The third-order valence-electron chi connectivity index (χ3n) is 12.8. The highest BCUT2D eigenvalue weighted by molar-refractivity contribution is 5.99. The first kappa shape index (κ1) is 63.7. The van der Waals surface area contributed by atoms with Gasteiger partial charge in [-0.1, -0.05) is 73.9 Å². The average molecular weight is 1050 g/mol. The number of hydrogen-bond donors (Lipinski definition) is 14. The first-order valence-corrected chi connectivity index (χ1v) is 25.2. The monoisotopic (exact) mass is 1050 g/mol. The Kier molecular flexibility index (Phi) is 27.0. The lowest BCUT2D eigenvalue weighted by Crippen LogP contribution is -2.62. The Morgan fingerprint density at radius 3 is 1.64 bits per heavy atom. The predicted octanol–water partition coefficient (Wildman–Crippen LogP) is -3.02. The molecule has 1 aliphatic heterocycles. The zero-order chi connectivity index (χ0) is 56.0. The minimum Gasteiger partial charge on any atom is -0.508 e. The zero-order valence-electron chi connectivity index (χ0n) is 43.8. The minimum atomic E-state index is -1.61. The number of nitrogens with two attached hydrogens (primary N) is 2. The van der Waals surface area contributed by atoms with Gasteiger partial charge in [-0.15, -0.1) is 0 Å². The van der Waals surface area contributed by atoms with Gasteiger partial charge >= 0.3 is 5.97 Å². The van der Waals surface area contributed by atoms with Gasteiger partial charge in [0.2, 0.25) is 53.2 Å². The third kappa shape index (κ3) is 19.8. The lowest BCUT2D eigenvalue weighted by Gasteiger charge is -2.31. The van der Waals surface area contributed by atoms with Gasteiger partial charge in [0.1, 0.15) is 60.6 Å². The van der Waals surface area contributed by atoms with Crippen LogP contribution in [-0.2, 0) is 54.4 Å². The van der Waals surface area contributed by atoms with Gasteiger partial charge in [-0.25, -0.2) is 0 Å². The Bertz CT molecular complexity index is 2070. The van der Waals surface area contributed by atoms with Crippen molar-refractivity contribution in [3.63, 3.8) is 0 Å². The van der Waals surface area contributed by atoms with Crippen LogP contribution >= 0.6 is 0 Å². The van der Waals surface area contributed by atoms with Gasteiger partial charge in [0.15, 0.2) is 0 Å². The van der Waals surface area contributed by atoms with Crippen LogP contribution in [0.15, 0.2) is 24.3 Å². The van der Waals surface area contributed by atoms with Crippen molar-refractivity contribution in [1.82, 2.24) is 47.4 Å². The molecule has 1 aromatic carbocycles. The highest BCUT2D eigenvalue weighted by atomic mass is 16.4. The van der Waals surface area contributed by atoms with Crippen LogP contribution in [0.4, 0.5) is 0 Å². The van der Waals surface area contributed by atoms with Gasteiger partial charge < -0.3 is 79.3 Å². The molecule has 416 valence electrons. The number of carboxylic acid groups (broad SMARTS) is 1. The van der Waals surface area contributed by atoms with E-state index in [1.807, 2.05) is 6.92 Å². The topological polar surface area (TPSA) is 403 Å². The van der Waals surface area contributed by atoms with Crippen molar-refractivity contribution in [3.8, 4) is 5.75 Å². The summed E-state index contributed by atoms with van der Waals surface area (Å²) in [5, 5.41) is 59.2. The number of rotatable bonds is 31. The molecule has 0 saturated carbocycles. The predicted molar refractivity (Wildman–Crippen MR) is 270 cm³/mol. The molecule has 2 rings (SSSR count). The smallest absolute Gasteiger partial charge is 0.322 e. The van der Waals surface area contributed by atoms with E-state index >= 15 is 0 Å². The molecule has 0 aliphatic carbocycles. The second kappa shape index (κ2) is 31.3. The summed E-state index contributed by atoms with van der Waals surface area (Å²) in [6.07, 6.45) is 1.73. The quantitative estimate of drug-likeness (QED) is 0.0329. The van der Waals surface area contributed by atoms with Gasteiger partial charge in [0.25, 0.3) is 0 Å². The van der Waals surface area contributed by atoms with E-state index in [4.69, 9.17) is 16.6 Å². The van der Waals surface area contributed by atoms with Crippen molar-refractivity contribution in [2.75, 3.05) is 32.8 Å². The highest BCUT2D eigenvalue weighted by Gasteiger charge is 2.41. The van der Waals surface area contributed by atoms with Crippen LogP contribution in [-0.4, -0.2) is 172 Å². The largest absolute Gasteiger partial charge is 0.508 e. The molecule has 0 radical (unpaired) electrons. The number of carbonyl (C=O) groups is 10. The molecule has 10 atom stereocenters. The van der Waals surface area contributed by atoms with E-state index in [2.05, 4.69) is 42.5 Å². The summed E-state index contributed by atoms with van der Waals surface area (Å²) in [6.45, 7) is 11.2. The molecular formula is C49H81N11O14. The summed E-state index contributed by atoms with van der Waals surface area (Å²) in [5.74, 6) is -10.4. The van der Waals surface area contributed by atoms with Gasteiger partial charge in [-0.2, -0.15) is 0 Å². The maximum absolute atomic E-state index is 14.2. The number of phenolic OH excluding ortho intramolecular Hbond substituents is 1. The number of nitrogens with one attached hydrogen (secondary N) is 8. The minimum absolute atomic E-state index is 0.00995. The Morgan fingerprint density at radius 1 is 0.635 bits per heavy atom. The number of aliphatic carboxylic acids is 1. The molecule has 16 N–H and O–H groups in total. The summed E-state index contributed by atoms with van der Waals surface area (Å²) in [7, 11) is 0. The number of hydrogen-bond acceptors (Lipinski definition) is 15. The molecule has 25 heteroatoms. The molecule has 0 aromatic heterocycles. The van der Waals surface area contributed by atoms with Crippen LogP contribution in [0.3, 0.4) is 0 Å². The van der Waals surface area contributed by atoms with Crippen LogP contribution in [0.25, 0.3) is 0 Å². The van der Waals surface area contributed by atoms with Crippen LogP contribution in [0.5, 0.6) is 5.75 Å². The molecule has 25 nitrogen and oxygen atoms in total. The first-order chi connectivity index (χ1) is 34.8. The number of aliphatic hydroxyl groups excluding tert-OH is 2. The van der Waals surface area contributed by atoms with Gasteiger partial charge in [-0.3, -0.25) is 47.9 Å². The number of aromatic hydroxyl groups is 1. The Morgan fingerprint density at radius 2 is 1.12 bits per heavy atom. The lowest BCUT2D eigenvalue weighted by atomic mass is 9.97. The molecular weight excluding hydrogens is 967 g/mol. The molecule has 1 saturated heterocycles. The molecule has 0 unspecified atom stereocenters. The molecule has 1 fully saturated rings. The maximum Gasteiger partial charge on any atom is 0.322 e. The van der Waals surface area contributed by atoms with Crippen molar-refractivity contribution in [3.05, 3.63) is 29.8 Å². The Hall–Kier alpha value is -6.44. The fourth-order valence-corrected chi connectivity index (χ4v) is 7.93. The molecule has 1 heterocycles. The number of aliphatic hydroxyl groups is 2. The van der Waals surface area contributed by atoms with E-state index in [9.17, 15) is 63.3 Å². The van der Waals surface area contributed by atoms with Crippen molar-refractivity contribution < 1.29 is 68.4 Å². The van der Waals surface area contributed by atoms with E-state index in [1.165, 1.54) is 12.1 Å². The number of unbranched alkanes of at least 4 members (excludes halogenated alkanes) is 1. The van der Waals surface area contributed by atoms with E-state index in [-0.39, 0.29) is 44.0 Å². The van der Waals surface area contributed by atoms with Crippen LogP contribution in [0, 0.1) is 23.7 Å². The Balaban J connectivity index is 2.33. The normalized spacial score (nSPS) is 17.1. The SMILES string of the molecule is CC[C@H](C)[C@H](N)C(=O)N[C@H](C(=O)N[C@@H](Cc1ccc(O)cc1)C(=O)N[C@@H](CCCCN)C(=O)N[C@@H](CO)C(=O)N1CCC[C@H]1C(=O)N[C@H](C(=O)N[C@H](C(=O)N[C@@H](CO)C(=O)NCC(=O)O)C(C)C)C(C)C)C(C)C. The lowest BCUT2D eigenvalue weighted by molar-refractivity contribution is -0.143. The highest BCUT2D eigenvalue weighted by Crippen LogP contribution is 2.20. The summed E-state index contributed by atoms with van der Waals surface area (Å²) in [6, 6.07) is -5.71. The number of nitrogens with zero attached hydrogens (tertiary/aromatic N) is 1. The third-order valence-corrected chi connectivity index (χ3v) is 12.8. The van der Waals surface area contributed by atoms with Crippen LogP contribution in [0.1, 0.15) is 99.5 Å². The molecule has 0 bridgehead atoms. The second-order valence-corrected chi connectivity index (χ2v) is 19.7. The van der Waals surface area contributed by atoms with E-state index in [0.717, 1.165) is 4.90 Å². The molecule has 74 heavy (non-hydrogen) atoms. The van der Waals surface area contributed by atoms with E-state index in [0.29, 0.717) is 31.2 Å². The van der Waals surface area contributed by atoms with Crippen molar-refractivity contribution >= 4 is 59.1 Å². The van der Waals surface area contributed by atoms with E-state index in [1.54, 1.807) is 60.6 Å². The number of carboxylic acids is 1. The number of benzene rings is 1. The second-order valence-electron chi connectivity index (χ2n) is 19.7. The number of likely N-dealkylation sites (tertiary alicyclic amines) is 1. The van der Waals surface area contributed by atoms with Crippen molar-refractivity contribution in [2.24, 2.45) is 35.1 Å². The fourth-order valence-electron chi connectivity index (χ4n) is 7.93. The van der Waals surface area contributed by atoms with Gasteiger partial charge in [0.05, 0.1) is 19.3 Å². The summed E-state index contributed by atoms with van der Waals surface area (Å²) in [4.78, 5) is 135. The summed E-state index contributed by atoms with van der Waals surface area (Å²) in [5.41, 5.74) is 12.4. The van der Waals surface area contributed by atoms with Crippen molar-refractivity contribution in [1.29, 1.82) is 0 Å². The average Bonchev–Trinajstić information content (AvgIpc) is 3.85. The molecule has 1 aromatic rings.